The molecule has 0 aromatic carbocycles. The Morgan fingerprint density at radius 1 is 1.53 bits per heavy atom. The van der Waals surface area contributed by atoms with Crippen LogP contribution in [0, 0.1) is 11.8 Å². The molecule has 0 aromatic rings. The lowest BCUT2D eigenvalue weighted by Gasteiger charge is -2.29. The molecule has 0 spiro atoms. The van der Waals surface area contributed by atoms with Crippen LogP contribution in [0.4, 0.5) is 0 Å². The fourth-order valence-electron chi connectivity index (χ4n) is 2.87. The number of likely N-dealkylation sites (tertiary alicyclic amines) is 1. The van der Waals surface area contributed by atoms with Crippen LogP contribution in [0.1, 0.15) is 40.5 Å². The summed E-state index contributed by atoms with van der Waals surface area (Å²) in [5, 5.41) is 3.27. The third-order valence-corrected chi connectivity index (χ3v) is 4.38. The molecular formula is C15H30N2O2. The van der Waals surface area contributed by atoms with Gasteiger partial charge in [0, 0.05) is 13.1 Å². The Balaban J connectivity index is 2.47. The Morgan fingerprint density at radius 2 is 2.21 bits per heavy atom. The molecule has 4 heteroatoms. The molecule has 0 radical (unpaired) electrons. The third-order valence-electron chi connectivity index (χ3n) is 4.38. The van der Waals surface area contributed by atoms with E-state index in [1.807, 2.05) is 13.8 Å². The van der Waals surface area contributed by atoms with Crippen molar-refractivity contribution in [3.63, 3.8) is 0 Å². The zero-order chi connectivity index (χ0) is 14.5. The SMILES string of the molecule is CCNC(C)(CCN1CCC(C(C)C)C1)C(=O)OC. The summed E-state index contributed by atoms with van der Waals surface area (Å²) in [6, 6.07) is 0. The summed E-state index contributed by atoms with van der Waals surface area (Å²) >= 11 is 0. The van der Waals surface area contributed by atoms with E-state index in [0.29, 0.717) is 0 Å². The first kappa shape index (κ1) is 16.4. The van der Waals surface area contributed by atoms with E-state index >= 15 is 0 Å². The predicted molar refractivity (Wildman–Crippen MR) is 78.1 cm³/mol. The van der Waals surface area contributed by atoms with E-state index in [9.17, 15) is 4.79 Å². The second kappa shape index (κ2) is 7.25. The summed E-state index contributed by atoms with van der Waals surface area (Å²) in [7, 11) is 1.46. The standard InChI is InChI=1S/C15H30N2O2/c1-6-16-15(4,14(18)19-5)8-10-17-9-7-13(11-17)12(2)3/h12-13,16H,6-11H2,1-5H3. The smallest absolute Gasteiger partial charge is 0.325 e. The summed E-state index contributed by atoms with van der Waals surface area (Å²) < 4.78 is 4.92. The van der Waals surface area contributed by atoms with Crippen molar-refractivity contribution in [2.24, 2.45) is 11.8 Å². The first-order chi connectivity index (χ1) is 8.92. The van der Waals surface area contributed by atoms with Crippen LogP contribution >= 0.6 is 0 Å². The Morgan fingerprint density at radius 3 is 2.68 bits per heavy atom. The Labute approximate surface area is 117 Å². The molecule has 0 amide bonds. The maximum atomic E-state index is 11.9. The fourth-order valence-corrected chi connectivity index (χ4v) is 2.87. The summed E-state index contributed by atoms with van der Waals surface area (Å²) in [5.41, 5.74) is -0.556. The zero-order valence-electron chi connectivity index (χ0n) is 13.2. The van der Waals surface area contributed by atoms with Gasteiger partial charge < -0.3 is 15.0 Å². The highest BCUT2D eigenvalue weighted by molar-refractivity contribution is 5.80. The topological polar surface area (TPSA) is 41.6 Å². The summed E-state index contributed by atoms with van der Waals surface area (Å²) in [5.74, 6) is 1.41. The highest BCUT2D eigenvalue weighted by Gasteiger charge is 2.34. The molecule has 0 aromatic heterocycles. The molecule has 4 nitrogen and oxygen atoms in total. The van der Waals surface area contributed by atoms with Crippen molar-refractivity contribution in [2.45, 2.75) is 46.1 Å². The number of methoxy groups -OCH3 is 1. The number of esters is 1. The predicted octanol–water partition coefficient (Wildman–Crippen LogP) is 1.90. The Kier molecular flexibility index (Phi) is 6.27. The number of hydrogen-bond acceptors (Lipinski definition) is 4. The minimum atomic E-state index is -0.556. The molecule has 19 heavy (non-hydrogen) atoms. The highest BCUT2D eigenvalue weighted by Crippen LogP contribution is 2.24. The lowest BCUT2D eigenvalue weighted by Crippen LogP contribution is -2.51. The Bertz CT molecular complexity index is 294. The van der Waals surface area contributed by atoms with E-state index in [-0.39, 0.29) is 5.97 Å². The molecule has 1 N–H and O–H groups in total. The largest absolute Gasteiger partial charge is 0.468 e. The van der Waals surface area contributed by atoms with E-state index in [1.165, 1.54) is 20.1 Å². The van der Waals surface area contributed by atoms with Gasteiger partial charge in [-0.1, -0.05) is 20.8 Å². The van der Waals surface area contributed by atoms with Gasteiger partial charge in [-0.2, -0.15) is 0 Å². The van der Waals surface area contributed by atoms with Gasteiger partial charge in [-0.25, -0.2) is 0 Å². The summed E-state index contributed by atoms with van der Waals surface area (Å²) in [4.78, 5) is 14.4. The number of carbonyl (C=O) groups excluding carboxylic acids is 1. The maximum Gasteiger partial charge on any atom is 0.325 e. The first-order valence-corrected chi connectivity index (χ1v) is 7.48. The molecule has 2 atom stereocenters. The molecule has 1 aliphatic rings. The van der Waals surface area contributed by atoms with Crippen molar-refractivity contribution >= 4 is 5.97 Å². The highest BCUT2D eigenvalue weighted by atomic mass is 16.5. The monoisotopic (exact) mass is 270 g/mol. The van der Waals surface area contributed by atoms with E-state index < -0.39 is 5.54 Å². The quantitative estimate of drug-likeness (QED) is 0.717. The van der Waals surface area contributed by atoms with Crippen LogP contribution in [0.2, 0.25) is 0 Å². The fraction of sp³-hybridized carbons (Fsp3) is 0.933. The van der Waals surface area contributed by atoms with Gasteiger partial charge in [-0.15, -0.1) is 0 Å². The van der Waals surface area contributed by atoms with Crippen LogP contribution in [0.5, 0.6) is 0 Å². The molecule has 1 fully saturated rings. The number of ether oxygens (including phenoxy) is 1. The van der Waals surface area contributed by atoms with E-state index in [4.69, 9.17) is 4.74 Å². The van der Waals surface area contributed by atoms with Gasteiger partial charge in [0.05, 0.1) is 7.11 Å². The molecule has 1 aliphatic heterocycles. The summed E-state index contributed by atoms with van der Waals surface area (Å²) in [6.45, 7) is 12.6. The number of nitrogens with one attached hydrogen (secondary N) is 1. The average Bonchev–Trinajstić information content (AvgIpc) is 2.84. The molecule has 1 rings (SSSR count). The summed E-state index contributed by atoms with van der Waals surface area (Å²) in [6.07, 6.45) is 2.09. The van der Waals surface area contributed by atoms with E-state index in [1.54, 1.807) is 0 Å². The van der Waals surface area contributed by atoms with Gasteiger partial charge in [0.15, 0.2) is 0 Å². The average molecular weight is 270 g/mol. The number of nitrogens with zero attached hydrogens (tertiary/aromatic N) is 1. The van der Waals surface area contributed by atoms with Gasteiger partial charge in [0.25, 0.3) is 0 Å². The van der Waals surface area contributed by atoms with Crippen LogP contribution < -0.4 is 5.32 Å². The molecule has 0 aliphatic carbocycles. The van der Waals surface area contributed by atoms with Crippen LogP contribution in [0.3, 0.4) is 0 Å². The van der Waals surface area contributed by atoms with Crippen molar-refractivity contribution in [3.05, 3.63) is 0 Å². The van der Waals surface area contributed by atoms with Crippen molar-refractivity contribution in [1.29, 1.82) is 0 Å². The van der Waals surface area contributed by atoms with Crippen molar-refractivity contribution in [2.75, 3.05) is 33.3 Å². The number of likely N-dealkylation sites (N-methyl/N-ethyl adjacent to an activating group) is 1. The minimum absolute atomic E-state index is 0.158. The Hall–Kier alpha value is -0.610. The maximum absolute atomic E-state index is 11.9. The molecule has 0 bridgehead atoms. The molecule has 0 saturated carbocycles. The first-order valence-electron chi connectivity index (χ1n) is 7.48. The van der Waals surface area contributed by atoms with Gasteiger partial charge in [0.2, 0.25) is 0 Å². The number of rotatable bonds is 7. The third kappa shape index (κ3) is 4.46. The molecule has 2 unspecified atom stereocenters. The second-order valence-electron chi connectivity index (χ2n) is 6.20. The van der Waals surface area contributed by atoms with Gasteiger partial charge in [-0.05, 0) is 44.7 Å². The molecular weight excluding hydrogens is 240 g/mol. The van der Waals surface area contributed by atoms with Gasteiger partial charge >= 0.3 is 5.97 Å². The lowest BCUT2D eigenvalue weighted by atomic mass is 9.95. The van der Waals surface area contributed by atoms with Crippen molar-refractivity contribution < 1.29 is 9.53 Å². The van der Waals surface area contributed by atoms with Crippen molar-refractivity contribution in [1.82, 2.24) is 10.2 Å². The van der Waals surface area contributed by atoms with Crippen LogP contribution in [0.25, 0.3) is 0 Å². The van der Waals surface area contributed by atoms with Crippen LogP contribution in [0.15, 0.2) is 0 Å². The number of hydrogen-bond donors (Lipinski definition) is 1. The van der Waals surface area contributed by atoms with Crippen molar-refractivity contribution in [3.8, 4) is 0 Å². The lowest BCUT2D eigenvalue weighted by molar-refractivity contribution is -0.148. The molecule has 1 heterocycles. The normalized spacial score (nSPS) is 23.6. The zero-order valence-corrected chi connectivity index (χ0v) is 13.2. The molecule has 112 valence electrons. The van der Waals surface area contributed by atoms with Crippen LogP contribution in [-0.4, -0.2) is 49.7 Å². The van der Waals surface area contributed by atoms with Gasteiger partial charge in [0.1, 0.15) is 5.54 Å². The second-order valence-corrected chi connectivity index (χ2v) is 6.20. The minimum Gasteiger partial charge on any atom is -0.468 e. The van der Waals surface area contributed by atoms with E-state index in [2.05, 4.69) is 24.1 Å². The van der Waals surface area contributed by atoms with Crippen LogP contribution in [-0.2, 0) is 9.53 Å². The van der Waals surface area contributed by atoms with Gasteiger partial charge in [-0.3, -0.25) is 4.79 Å². The number of carbonyl (C=O) groups is 1. The van der Waals surface area contributed by atoms with E-state index in [0.717, 1.165) is 37.9 Å². The molecule has 1 saturated heterocycles.